The molecule has 3 aromatic rings. The van der Waals surface area contributed by atoms with Gasteiger partial charge in [-0.05, 0) is 41.1 Å². The fraction of sp³-hybridized carbons (Fsp3) is 0.111. The molecule has 1 atom stereocenters. The molecular formula is C18H13Cl2F. The van der Waals surface area contributed by atoms with E-state index in [9.17, 15) is 4.39 Å². The topological polar surface area (TPSA) is 0 Å². The van der Waals surface area contributed by atoms with Gasteiger partial charge in [0.2, 0.25) is 0 Å². The average molecular weight is 319 g/mol. The summed E-state index contributed by atoms with van der Waals surface area (Å²) in [5, 5.41) is 1.73. The molecule has 0 aliphatic heterocycles. The molecule has 3 aromatic carbocycles. The highest BCUT2D eigenvalue weighted by Gasteiger charge is 2.18. The summed E-state index contributed by atoms with van der Waals surface area (Å²) in [7, 11) is 0. The molecule has 0 spiro atoms. The first kappa shape index (κ1) is 14.4. The predicted molar refractivity (Wildman–Crippen MR) is 87.8 cm³/mol. The second-order valence-corrected chi connectivity index (χ2v) is 5.84. The van der Waals surface area contributed by atoms with Crippen LogP contribution in [0.1, 0.15) is 22.1 Å². The minimum atomic E-state index is -0.366. The summed E-state index contributed by atoms with van der Waals surface area (Å²) < 4.78 is 13.9. The van der Waals surface area contributed by atoms with E-state index in [-0.39, 0.29) is 11.2 Å². The van der Waals surface area contributed by atoms with Gasteiger partial charge in [0.25, 0.3) is 0 Å². The maximum atomic E-state index is 13.9. The third-order valence-electron chi connectivity index (χ3n) is 3.76. The first-order chi connectivity index (χ1) is 10.1. The molecule has 0 fully saturated rings. The van der Waals surface area contributed by atoms with Gasteiger partial charge >= 0.3 is 0 Å². The zero-order valence-electron chi connectivity index (χ0n) is 11.4. The molecular weight excluding hydrogens is 306 g/mol. The first-order valence-electron chi connectivity index (χ1n) is 6.66. The smallest absolute Gasteiger partial charge is 0.131 e. The Morgan fingerprint density at radius 1 is 0.857 bits per heavy atom. The van der Waals surface area contributed by atoms with E-state index in [0.717, 1.165) is 22.1 Å². The van der Waals surface area contributed by atoms with Crippen LogP contribution in [-0.2, 0) is 0 Å². The minimum absolute atomic E-state index is 0.235. The molecule has 0 bridgehead atoms. The monoisotopic (exact) mass is 318 g/mol. The largest absolute Gasteiger partial charge is 0.206 e. The van der Waals surface area contributed by atoms with Gasteiger partial charge in [-0.2, -0.15) is 0 Å². The van der Waals surface area contributed by atoms with Crippen molar-refractivity contribution in [3.63, 3.8) is 0 Å². The van der Waals surface area contributed by atoms with Gasteiger partial charge in [-0.15, -0.1) is 11.6 Å². The van der Waals surface area contributed by atoms with E-state index in [2.05, 4.69) is 0 Å². The van der Waals surface area contributed by atoms with Crippen LogP contribution in [0.5, 0.6) is 0 Å². The van der Waals surface area contributed by atoms with E-state index >= 15 is 0 Å². The molecule has 21 heavy (non-hydrogen) atoms. The van der Waals surface area contributed by atoms with Crippen molar-refractivity contribution in [3.8, 4) is 0 Å². The molecule has 3 heteroatoms. The molecule has 0 saturated carbocycles. The van der Waals surface area contributed by atoms with Crippen molar-refractivity contribution in [1.29, 1.82) is 0 Å². The van der Waals surface area contributed by atoms with E-state index < -0.39 is 0 Å². The summed E-state index contributed by atoms with van der Waals surface area (Å²) in [6.07, 6.45) is 0. The number of rotatable bonds is 2. The van der Waals surface area contributed by atoms with Crippen LogP contribution in [0.2, 0.25) is 5.02 Å². The fourth-order valence-electron chi connectivity index (χ4n) is 2.57. The Hall–Kier alpha value is -1.57. The van der Waals surface area contributed by atoms with Crippen molar-refractivity contribution in [2.75, 3.05) is 0 Å². The average Bonchev–Trinajstić information content (AvgIpc) is 2.50. The maximum absolute atomic E-state index is 13.9. The van der Waals surface area contributed by atoms with Gasteiger partial charge in [-0.1, -0.05) is 54.1 Å². The number of benzene rings is 3. The fourth-order valence-corrected chi connectivity index (χ4v) is 3.18. The normalized spacial score (nSPS) is 12.6. The highest BCUT2D eigenvalue weighted by molar-refractivity contribution is 6.31. The number of fused-ring (bicyclic) bond motifs is 1. The summed E-state index contributed by atoms with van der Waals surface area (Å²) in [6.45, 7) is 1.94. The summed E-state index contributed by atoms with van der Waals surface area (Å²) in [5.41, 5.74) is 2.78. The van der Waals surface area contributed by atoms with Gasteiger partial charge in [0, 0.05) is 10.4 Å². The van der Waals surface area contributed by atoms with Gasteiger partial charge in [-0.25, -0.2) is 4.39 Å². The molecule has 1 unspecified atom stereocenters. The quantitative estimate of drug-likeness (QED) is 0.488. The predicted octanol–water partition coefficient (Wildman–Crippen LogP) is 6.27. The van der Waals surface area contributed by atoms with Crippen LogP contribution < -0.4 is 0 Å². The van der Waals surface area contributed by atoms with E-state index in [0.29, 0.717) is 10.4 Å². The summed E-state index contributed by atoms with van der Waals surface area (Å²) in [5.74, 6) is -0.235. The Balaban J connectivity index is 2.21. The van der Waals surface area contributed by atoms with Gasteiger partial charge in [0.15, 0.2) is 0 Å². The van der Waals surface area contributed by atoms with Crippen LogP contribution in [-0.4, -0.2) is 0 Å². The van der Waals surface area contributed by atoms with Crippen LogP contribution in [0.4, 0.5) is 4.39 Å². The Bertz CT molecular complexity index is 811. The Morgan fingerprint density at radius 2 is 1.57 bits per heavy atom. The molecule has 0 aliphatic rings. The highest BCUT2D eigenvalue weighted by atomic mass is 35.5. The third kappa shape index (κ3) is 2.52. The van der Waals surface area contributed by atoms with Gasteiger partial charge in [0.1, 0.15) is 5.82 Å². The van der Waals surface area contributed by atoms with Crippen LogP contribution in [0.25, 0.3) is 10.8 Å². The second kappa shape index (κ2) is 5.67. The molecule has 3 rings (SSSR count). The van der Waals surface area contributed by atoms with Crippen molar-refractivity contribution in [3.05, 3.63) is 82.1 Å². The van der Waals surface area contributed by atoms with Crippen LogP contribution in [0, 0.1) is 12.7 Å². The van der Waals surface area contributed by atoms with Crippen LogP contribution >= 0.6 is 23.2 Å². The van der Waals surface area contributed by atoms with Gasteiger partial charge in [0.05, 0.1) is 5.38 Å². The zero-order valence-corrected chi connectivity index (χ0v) is 12.9. The van der Waals surface area contributed by atoms with Crippen molar-refractivity contribution < 1.29 is 4.39 Å². The van der Waals surface area contributed by atoms with Crippen molar-refractivity contribution in [1.82, 2.24) is 0 Å². The van der Waals surface area contributed by atoms with Crippen LogP contribution in [0.3, 0.4) is 0 Å². The second-order valence-electron chi connectivity index (χ2n) is 5.00. The lowest BCUT2D eigenvalue weighted by Gasteiger charge is -2.16. The summed E-state index contributed by atoms with van der Waals surface area (Å²) >= 11 is 12.8. The van der Waals surface area contributed by atoms with Gasteiger partial charge in [-0.3, -0.25) is 0 Å². The number of hydrogen-bond acceptors (Lipinski definition) is 0. The third-order valence-corrected chi connectivity index (χ3v) is 4.64. The van der Waals surface area contributed by atoms with Crippen molar-refractivity contribution >= 4 is 34.0 Å². The summed E-state index contributed by atoms with van der Waals surface area (Å²) in [4.78, 5) is 0. The number of alkyl halides is 1. The molecule has 106 valence electrons. The maximum Gasteiger partial charge on any atom is 0.131 e. The molecule has 0 heterocycles. The molecule has 0 saturated heterocycles. The molecule has 0 aromatic heterocycles. The lowest BCUT2D eigenvalue weighted by atomic mass is 9.95. The van der Waals surface area contributed by atoms with Gasteiger partial charge < -0.3 is 0 Å². The molecule has 0 amide bonds. The van der Waals surface area contributed by atoms with E-state index in [1.807, 2.05) is 43.3 Å². The van der Waals surface area contributed by atoms with Crippen LogP contribution in [0.15, 0.2) is 54.6 Å². The van der Waals surface area contributed by atoms with E-state index in [1.54, 1.807) is 12.1 Å². The lowest BCUT2D eigenvalue weighted by Crippen LogP contribution is -1.98. The Morgan fingerprint density at radius 3 is 2.33 bits per heavy atom. The molecule has 0 aliphatic carbocycles. The summed E-state index contributed by atoms with van der Waals surface area (Å²) in [6, 6.07) is 16.3. The molecule has 0 radical (unpaired) electrons. The molecule has 0 nitrogen and oxygen atoms in total. The van der Waals surface area contributed by atoms with E-state index in [1.165, 1.54) is 6.07 Å². The highest BCUT2D eigenvalue weighted by Crippen LogP contribution is 2.37. The Kier molecular flexibility index (Phi) is 3.88. The number of hydrogen-bond donors (Lipinski definition) is 0. The molecule has 0 N–H and O–H groups in total. The zero-order chi connectivity index (χ0) is 15.0. The van der Waals surface area contributed by atoms with Crippen molar-refractivity contribution in [2.24, 2.45) is 0 Å². The minimum Gasteiger partial charge on any atom is -0.206 e. The standard InChI is InChI=1S/C18H13Cl2F/c1-11-12(7-4-8-16(11)19)18(20)15-9-10-17(21)14-6-3-2-5-13(14)15/h2-10,18H,1H3. The Labute approximate surface area is 133 Å². The van der Waals surface area contributed by atoms with Crippen molar-refractivity contribution in [2.45, 2.75) is 12.3 Å². The van der Waals surface area contributed by atoms with E-state index in [4.69, 9.17) is 23.2 Å². The number of halogens is 3. The SMILES string of the molecule is Cc1c(Cl)cccc1C(Cl)c1ccc(F)c2ccccc12. The first-order valence-corrected chi connectivity index (χ1v) is 7.47. The lowest BCUT2D eigenvalue weighted by molar-refractivity contribution is 0.639.